The van der Waals surface area contributed by atoms with Crippen LogP contribution in [0, 0.1) is 11.8 Å². The summed E-state index contributed by atoms with van der Waals surface area (Å²) in [6.07, 6.45) is 2.22. The zero-order valence-corrected chi connectivity index (χ0v) is 28.6. The van der Waals surface area contributed by atoms with Crippen LogP contribution in [0.2, 0.25) is 0 Å². The maximum absolute atomic E-state index is 14.1. The Morgan fingerprint density at radius 3 is 2.39 bits per heavy atom. The van der Waals surface area contributed by atoms with Gasteiger partial charge in [-0.3, -0.25) is 9.59 Å². The molecule has 0 spiro atoms. The molecule has 2 heterocycles. The number of alkyl halides is 1. The molecule has 5 rings (SSSR count). The number of carbonyl (C=O) groups excluding carboxylic acids is 4. The van der Waals surface area contributed by atoms with E-state index in [1.807, 2.05) is 30.3 Å². The van der Waals surface area contributed by atoms with E-state index in [-0.39, 0.29) is 36.2 Å². The van der Waals surface area contributed by atoms with Crippen molar-refractivity contribution in [3.63, 3.8) is 0 Å². The SMILES string of the molecule is COCCOC(=O)c1cc2cc(NC(=O)[C@H]3[C@@H](c4ccccc4)CCN3C(=O)C3CCC([C@@H](CF)NC(=O)OC(C)(C)C)CC3)ccc2[nH]1. The van der Waals surface area contributed by atoms with Gasteiger partial charge in [0.1, 0.15) is 30.6 Å². The highest BCUT2D eigenvalue weighted by Crippen LogP contribution is 2.39. The van der Waals surface area contributed by atoms with Crippen LogP contribution in [0.3, 0.4) is 0 Å². The number of nitrogens with one attached hydrogen (secondary N) is 3. The van der Waals surface area contributed by atoms with Gasteiger partial charge in [-0.15, -0.1) is 0 Å². The summed E-state index contributed by atoms with van der Waals surface area (Å²) in [7, 11) is 1.53. The Morgan fingerprint density at radius 1 is 0.980 bits per heavy atom. The molecule has 2 aliphatic rings. The van der Waals surface area contributed by atoms with Gasteiger partial charge in [-0.2, -0.15) is 0 Å². The fraction of sp³-hybridized carbons (Fsp3) is 0.514. The maximum Gasteiger partial charge on any atom is 0.407 e. The molecule has 3 N–H and O–H groups in total. The smallest absolute Gasteiger partial charge is 0.407 e. The molecule has 1 aliphatic carbocycles. The maximum atomic E-state index is 14.1. The molecule has 1 aromatic heterocycles. The Labute approximate surface area is 286 Å². The van der Waals surface area contributed by atoms with Crippen LogP contribution in [0.1, 0.15) is 74.8 Å². The van der Waals surface area contributed by atoms with E-state index in [4.69, 9.17) is 14.2 Å². The minimum Gasteiger partial charge on any atom is -0.459 e. The first-order chi connectivity index (χ1) is 23.5. The van der Waals surface area contributed by atoms with Gasteiger partial charge >= 0.3 is 12.1 Å². The fourth-order valence-electron chi connectivity index (χ4n) is 6.99. The molecular weight excluding hydrogens is 631 g/mol. The predicted molar refractivity (Wildman–Crippen MR) is 183 cm³/mol. The lowest BCUT2D eigenvalue weighted by Crippen LogP contribution is -2.49. The van der Waals surface area contributed by atoms with Crippen LogP contribution in [0.5, 0.6) is 0 Å². The Kier molecular flexibility index (Phi) is 11.6. The number of likely N-dealkylation sites (tertiary alicyclic amines) is 1. The molecule has 11 nitrogen and oxygen atoms in total. The van der Waals surface area contributed by atoms with E-state index in [1.54, 1.807) is 49.9 Å². The number of rotatable bonds is 11. The minimum absolute atomic E-state index is 0.0772. The highest BCUT2D eigenvalue weighted by molar-refractivity contribution is 6.01. The Balaban J connectivity index is 1.28. The zero-order chi connectivity index (χ0) is 35.1. The minimum atomic E-state index is -0.728. The fourth-order valence-corrected chi connectivity index (χ4v) is 6.99. The molecule has 0 unspecified atom stereocenters. The van der Waals surface area contributed by atoms with Crippen LogP contribution in [0.25, 0.3) is 10.9 Å². The van der Waals surface area contributed by atoms with Crippen LogP contribution in [-0.2, 0) is 23.8 Å². The molecule has 0 radical (unpaired) electrons. The number of H-pyrrole nitrogens is 1. The number of esters is 1. The van der Waals surface area contributed by atoms with Crippen LogP contribution in [0.15, 0.2) is 54.6 Å². The summed E-state index contributed by atoms with van der Waals surface area (Å²) in [4.78, 5) is 57.7. The number of amides is 3. The summed E-state index contributed by atoms with van der Waals surface area (Å²) < 4.78 is 29.5. The molecule has 264 valence electrons. The van der Waals surface area contributed by atoms with Gasteiger partial charge in [-0.25, -0.2) is 14.0 Å². The number of hydrogen-bond donors (Lipinski definition) is 3. The van der Waals surface area contributed by atoms with Crippen molar-refractivity contribution < 1.29 is 37.8 Å². The Morgan fingerprint density at radius 2 is 1.71 bits per heavy atom. The summed E-state index contributed by atoms with van der Waals surface area (Å²) in [6.45, 7) is 5.41. The third-order valence-electron chi connectivity index (χ3n) is 9.36. The van der Waals surface area contributed by atoms with Gasteiger partial charge in [0, 0.05) is 42.1 Å². The van der Waals surface area contributed by atoms with Crippen molar-refractivity contribution >= 4 is 40.5 Å². The lowest BCUT2D eigenvalue weighted by molar-refractivity contribution is -0.141. The molecule has 0 bridgehead atoms. The number of nitrogens with zero attached hydrogens (tertiary/aromatic N) is 1. The first kappa shape index (κ1) is 35.8. The van der Waals surface area contributed by atoms with Gasteiger partial charge in [0.25, 0.3) is 0 Å². The molecule has 1 saturated carbocycles. The normalized spacial score (nSPS) is 21.6. The summed E-state index contributed by atoms with van der Waals surface area (Å²) in [6, 6.07) is 15.3. The average Bonchev–Trinajstić information content (AvgIpc) is 3.72. The molecule has 2 fully saturated rings. The van der Waals surface area contributed by atoms with E-state index in [0.29, 0.717) is 62.2 Å². The van der Waals surface area contributed by atoms with Crippen molar-refractivity contribution in [1.82, 2.24) is 15.2 Å². The third-order valence-corrected chi connectivity index (χ3v) is 9.36. The standard InChI is InChI=1S/C37H47FN4O7/c1-37(2,3)49-36(46)41-31(22-38)24-10-12-25(13-11-24)34(44)42-17-16-28(23-8-6-5-7-9-23)32(42)33(43)39-27-14-15-29-26(20-27)21-30(40-29)35(45)48-19-18-47-4/h5-9,14-15,20-21,24-25,28,31-32,40H,10-13,16-19,22H2,1-4H3,(H,39,43)(H,41,46)/t24?,25?,28-,31-,32-/m1/s1. The van der Waals surface area contributed by atoms with Gasteiger partial charge in [0.05, 0.1) is 12.6 Å². The van der Waals surface area contributed by atoms with Crippen LogP contribution in [0.4, 0.5) is 14.9 Å². The topological polar surface area (TPSA) is 139 Å². The van der Waals surface area contributed by atoms with E-state index >= 15 is 0 Å². The van der Waals surface area contributed by atoms with E-state index < -0.39 is 36.4 Å². The number of methoxy groups -OCH3 is 1. The number of anilines is 1. The van der Waals surface area contributed by atoms with Crippen molar-refractivity contribution in [2.24, 2.45) is 11.8 Å². The molecular formula is C37H47FN4O7. The first-order valence-corrected chi connectivity index (χ1v) is 17.0. The zero-order valence-electron chi connectivity index (χ0n) is 28.6. The average molecular weight is 679 g/mol. The molecule has 12 heteroatoms. The summed E-state index contributed by atoms with van der Waals surface area (Å²) in [5.74, 6) is -1.49. The number of alkyl carbamates (subject to hydrolysis) is 1. The van der Waals surface area contributed by atoms with E-state index in [1.165, 1.54) is 7.11 Å². The monoisotopic (exact) mass is 678 g/mol. The lowest BCUT2D eigenvalue weighted by Gasteiger charge is -2.36. The summed E-state index contributed by atoms with van der Waals surface area (Å²) >= 11 is 0. The number of ether oxygens (including phenoxy) is 3. The Hall–Kier alpha value is -4.45. The second-order valence-electron chi connectivity index (χ2n) is 13.9. The van der Waals surface area contributed by atoms with E-state index in [2.05, 4.69) is 15.6 Å². The number of hydrogen-bond acceptors (Lipinski definition) is 7. The molecule has 1 aliphatic heterocycles. The van der Waals surface area contributed by atoms with Crippen molar-refractivity contribution in [3.05, 3.63) is 65.9 Å². The van der Waals surface area contributed by atoms with Gasteiger partial charge < -0.3 is 34.7 Å². The van der Waals surface area contributed by atoms with Crippen molar-refractivity contribution in [3.8, 4) is 0 Å². The number of carbonyl (C=O) groups is 4. The molecule has 1 saturated heterocycles. The molecule has 3 amide bonds. The highest BCUT2D eigenvalue weighted by atomic mass is 19.1. The second kappa shape index (κ2) is 15.8. The lowest BCUT2D eigenvalue weighted by atomic mass is 9.78. The van der Waals surface area contributed by atoms with Crippen molar-refractivity contribution in [1.29, 1.82) is 0 Å². The van der Waals surface area contributed by atoms with Gasteiger partial charge in [0.2, 0.25) is 11.8 Å². The summed E-state index contributed by atoms with van der Waals surface area (Å²) in [5.41, 5.74) is 1.84. The van der Waals surface area contributed by atoms with Gasteiger partial charge in [-0.05, 0) is 88.6 Å². The molecule has 49 heavy (non-hydrogen) atoms. The summed E-state index contributed by atoms with van der Waals surface area (Å²) in [5, 5.41) is 6.43. The third kappa shape index (κ3) is 8.97. The number of benzene rings is 2. The number of aromatic nitrogens is 1. The van der Waals surface area contributed by atoms with E-state index in [0.717, 1.165) is 10.9 Å². The van der Waals surface area contributed by atoms with E-state index in [9.17, 15) is 23.6 Å². The van der Waals surface area contributed by atoms with Crippen molar-refractivity contribution in [2.45, 2.75) is 76.5 Å². The van der Waals surface area contributed by atoms with Gasteiger partial charge in [0.15, 0.2) is 0 Å². The largest absolute Gasteiger partial charge is 0.459 e. The van der Waals surface area contributed by atoms with Crippen molar-refractivity contribution in [2.75, 3.05) is 38.9 Å². The number of fused-ring (bicyclic) bond motifs is 1. The molecule has 3 aromatic rings. The molecule has 3 atom stereocenters. The quantitative estimate of drug-likeness (QED) is 0.168. The predicted octanol–water partition coefficient (Wildman–Crippen LogP) is 5.96. The van der Waals surface area contributed by atoms with Crippen LogP contribution in [-0.4, -0.2) is 85.0 Å². The van der Waals surface area contributed by atoms with Crippen LogP contribution >= 0.6 is 0 Å². The number of aromatic amines is 1. The van der Waals surface area contributed by atoms with Crippen LogP contribution < -0.4 is 10.6 Å². The Bertz CT molecular complexity index is 1610. The van der Waals surface area contributed by atoms with Gasteiger partial charge in [-0.1, -0.05) is 30.3 Å². The molecule has 2 aromatic carbocycles. The second-order valence-corrected chi connectivity index (χ2v) is 13.9. The first-order valence-electron chi connectivity index (χ1n) is 17.0. The number of halogens is 1. The highest BCUT2D eigenvalue weighted by Gasteiger charge is 2.45.